The number of oxazole rings is 1. The summed E-state index contributed by atoms with van der Waals surface area (Å²) in [6, 6.07) is 5.20. The van der Waals surface area contributed by atoms with Crippen LogP contribution in [0.5, 0.6) is 0 Å². The molecule has 0 spiro atoms. The maximum atomic E-state index is 12.3. The third kappa shape index (κ3) is 3.54. The van der Waals surface area contributed by atoms with Gasteiger partial charge in [-0.1, -0.05) is 13.8 Å². The first kappa shape index (κ1) is 17.9. The molecule has 138 valence electrons. The normalized spacial score (nSPS) is 15.2. The van der Waals surface area contributed by atoms with Crippen LogP contribution in [0.15, 0.2) is 22.6 Å². The fourth-order valence-electron chi connectivity index (χ4n) is 2.81. The average Bonchev–Trinajstić information content (AvgIpc) is 3.03. The maximum absolute atomic E-state index is 12.3. The molecule has 3 rings (SSSR count). The van der Waals surface area contributed by atoms with Gasteiger partial charge in [0.05, 0.1) is 0 Å². The van der Waals surface area contributed by atoms with Crippen molar-refractivity contribution in [3.8, 4) is 0 Å². The minimum atomic E-state index is -0.637. The summed E-state index contributed by atoms with van der Waals surface area (Å²) in [5, 5.41) is 2.74. The number of hydrogen-bond acceptors (Lipinski definition) is 5. The maximum Gasteiger partial charge on any atom is 0.312 e. The van der Waals surface area contributed by atoms with Crippen molar-refractivity contribution >= 4 is 34.5 Å². The summed E-state index contributed by atoms with van der Waals surface area (Å²) in [5.74, 6) is -0.742. The molecule has 0 aliphatic carbocycles. The molecule has 2 aromatic rings. The lowest BCUT2D eigenvalue weighted by atomic mass is 10.2. The molecule has 0 radical (unpaired) electrons. The third-order valence-corrected chi connectivity index (χ3v) is 4.30. The van der Waals surface area contributed by atoms with Crippen molar-refractivity contribution in [3.63, 3.8) is 0 Å². The molecule has 0 unspecified atom stereocenters. The summed E-state index contributed by atoms with van der Waals surface area (Å²) in [6.07, 6.45) is 0. The molecule has 3 amide bonds. The van der Waals surface area contributed by atoms with E-state index in [0.29, 0.717) is 42.3 Å². The van der Waals surface area contributed by atoms with Crippen molar-refractivity contribution in [2.24, 2.45) is 0 Å². The van der Waals surface area contributed by atoms with Gasteiger partial charge in [-0.15, -0.1) is 0 Å². The molecule has 1 aromatic carbocycles. The predicted octanol–water partition coefficient (Wildman–Crippen LogP) is 1.58. The van der Waals surface area contributed by atoms with Crippen molar-refractivity contribution in [2.45, 2.75) is 26.7 Å². The number of anilines is 1. The van der Waals surface area contributed by atoms with Gasteiger partial charge in [-0.05, 0) is 25.1 Å². The molecule has 1 aliphatic rings. The smallest absolute Gasteiger partial charge is 0.312 e. The Bertz CT molecular complexity index is 858. The van der Waals surface area contributed by atoms with Gasteiger partial charge in [0.25, 0.3) is 0 Å². The van der Waals surface area contributed by atoms with Gasteiger partial charge < -0.3 is 19.5 Å². The van der Waals surface area contributed by atoms with E-state index in [1.54, 1.807) is 18.2 Å². The molecular formula is C18H22N4O4. The SMILES string of the molecule is CCN1CCN(CC(=O)Nc2ccc3oc(C(C)C)nc3c2)C(=O)C1=O. The highest BCUT2D eigenvalue weighted by atomic mass is 16.3. The van der Waals surface area contributed by atoms with Crippen molar-refractivity contribution < 1.29 is 18.8 Å². The van der Waals surface area contributed by atoms with Gasteiger partial charge in [0.2, 0.25) is 5.91 Å². The average molecular weight is 358 g/mol. The van der Waals surface area contributed by atoms with Crippen molar-refractivity contribution in [1.29, 1.82) is 0 Å². The standard InChI is InChI=1S/C18H22N4O4/c1-4-21-7-8-22(18(25)17(21)24)10-15(23)19-12-5-6-14-13(9-12)20-16(26-14)11(2)3/h5-6,9,11H,4,7-8,10H2,1-3H3,(H,19,23). The number of amides is 3. The molecule has 26 heavy (non-hydrogen) atoms. The van der Waals surface area contributed by atoms with Crippen molar-refractivity contribution in [3.05, 3.63) is 24.1 Å². The molecular weight excluding hydrogens is 336 g/mol. The molecule has 1 aliphatic heterocycles. The number of benzene rings is 1. The number of carbonyl (C=O) groups excluding carboxylic acids is 3. The Labute approximate surface area is 151 Å². The van der Waals surface area contributed by atoms with Crippen LogP contribution < -0.4 is 5.32 Å². The van der Waals surface area contributed by atoms with E-state index in [-0.39, 0.29) is 18.4 Å². The minimum absolute atomic E-state index is 0.157. The van der Waals surface area contributed by atoms with Crippen LogP contribution in [0.4, 0.5) is 5.69 Å². The van der Waals surface area contributed by atoms with E-state index in [1.165, 1.54) is 9.80 Å². The van der Waals surface area contributed by atoms with E-state index in [0.717, 1.165) is 0 Å². The van der Waals surface area contributed by atoms with Crippen LogP contribution in [-0.4, -0.2) is 58.7 Å². The molecule has 0 saturated carbocycles. The highest BCUT2D eigenvalue weighted by Gasteiger charge is 2.32. The summed E-state index contributed by atoms with van der Waals surface area (Å²) in [6.45, 7) is 6.92. The number of fused-ring (bicyclic) bond motifs is 1. The zero-order chi connectivity index (χ0) is 18.8. The summed E-state index contributed by atoms with van der Waals surface area (Å²) < 4.78 is 5.64. The highest BCUT2D eigenvalue weighted by Crippen LogP contribution is 2.23. The third-order valence-electron chi connectivity index (χ3n) is 4.30. The van der Waals surface area contributed by atoms with E-state index in [2.05, 4.69) is 10.3 Å². The molecule has 0 atom stereocenters. The summed E-state index contributed by atoms with van der Waals surface area (Å²) in [5.41, 5.74) is 1.88. The summed E-state index contributed by atoms with van der Waals surface area (Å²) >= 11 is 0. The molecule has 8 nitrogen and oxygen atoms in total. The molecule has 1 N–H and O–H groups in total. The van der Waals surface area contributed by atoms with Crippen molar-refractivity contribution in [2.75, 3.05) is 31.5 Å². The van der Waals surface area contributed by atoms with Gasteiger partial charge in [0, 0.05) is 31.2 Å². The van der Waals surface area contributed by atoms with Gasteiger partial charge in [-0.2, -0.15) is 0 Å². The highest BCUT2D eigenvalue weighted by molar-refractivity contribution is 6.35. The monoisotopic (exact) mass is 358 g/mol. The molecule has 8 heteroatoms. The lowest BCUT2D eigenvalue weighted by molar-refractivity contribution is -0.156. The first-order valence-electron chi connectivity index (χ1n) is 8.67. The Balaban J connectivity index is 1.65. The van der Waals surface area contributed by atoms with Gasteiger partial charge in [0.1, 0.15) is 12.1 Å². The number of aromatic nitrogens is 1. The van der Waals surface area contributed by atoms with Gasteiger partial charge in [-0.3, -0.25) is 14.4 Å². The summed E-state index contributed by atoms with van der Waals surface area (Å²) in [4.78, 5) is 43.4. The Hall–Kier alpha value is -2.90. The Morgan fingerprint density at radius 2 is 1.92 bits per heavy atom. The summed E-state index contributed by atoms with van der Waals surface area (Å²) in [7, 11) is 0. The number of rotatable bonds is 5. The first-order chi connectivity index (χ1) is 12.4. The van der Waals surface area contributed by atoms with Crippen LogP contribution in [0.2, 0.25) is 0 Å². The molecule has 1 aromatic heterocycles. The zero-order valence-electron chi connectivity index (χ0n) is 15.1. The number of piperazine rings is 1. The Morgan fingerprint density at radius 1 is 1.23 bits per heavy atom. The van der Waals surface area contributed by atoms with Gasteiger partial charge >= 0.3 is 11.8 Å². The van der Waals surface area contributed by atoms with E-state index in [1.807, 2.05) is 20.8 Å². The Morgan fingerprint density at radius 3 is 2.62 bits per heavy atom. The molecule has 2 heterocycles. The van der Waals surface area contributed by atoms with E-state index in [9.17, 15) is 14.4 Å². The Kier molecular flexibility index (Phi) is 4.92. The van der Waals surface area contributed by atoms with Crippen LogP contribution in [-0.2, 0) is 14.4 Å². The number of likely N-dealkylation sites (N-methyl/N-ethyl adjacent to an activating group) is 1. The quantitative estimate of drug-likeness (QED) is 0.819. The molecule has 1 fully saturated rings. The fourth-order valence-corrected chi connectivity index (χ4v) is 2.81. The van der Waals surface area contributed by atoms with E-state index >= 15 is 0 Å². The predicted molar refractivity (Wildman–Crippen MR) is 95.6 cm³/mol. The van der Waals surface area contributed by atoms with E-state index < -0.39 is 11.8 Å². The van der Waals surface area contributed by atoms with Crippen LogP contribution in [0.1, 0.15) is 32.6 Å². The lowest BCUT2D eigenvalue weighted by Gasteiger charge is -2.32. The topological polar surface area (TPSA) is 95.8 Å². The van der Waals surface area contributed by atoms with Crippen LogP contribution in [0.3, 0.4) is 0 Å². The van der Waals surface area contributed by atoms with Crippen LogP contribution in [0.25, 0.3) is 11.1 Å². The fraction of sp³-hybridized carbons (Fsp3) is 0.444. The zero-order valence-corrected chi connectivity index (χ0v) is 15.1. The largest absolute Gasteiger partial charge is 0.440 e. The first-order valence-corrected chi connectivity index (χ1v) is 8.67. The number of hydrogen-bond donors (Lipinski definition) is 1. The molecule has 0 bridgehead atoms. The van der Waals surface area contributed by atoms with Gasteiger partial charge in [-0.25, -0.2) is 4.98 Å². The second kappa shape index (κ2) is 7.15. The second-order valence-corrected chi connectivity index (χ2v) is 6.55. The van der Waals surface area contributed by atoms with E-state index in [4.69, 9.17) is 4.42 Å². The second-order valence-electron chi connectivity index (χ2n) is 6.55. The lowest BCUT2D eigenvalue weighted by Crippen LogP contribution is -2.55. The van der Waals surface area contributed by atoms with Crippen LogP contribution >= 0.6 is 0 Å². The number of nitrogens with one attached hydrogen (secondary N) is 1. The minimum Gasteiger partial charge on any atom is -0.440 e. The van der Waals surface area contributed by atoms with Crippen molar-refractivity contribution in [1.82, 2.24) is 14.8 Å². The molecule has 1 saturated heterocycles. The van der Waals surface area contributed by atoms with Gasteiger partial charge in [0.15, 0.2) is 11.5 Å². The number of nitrogens with zero attached hydrogens (tertiary/aromatic N) is 3. The van der Waals surface area contributed by atoms with Crippen LogP contribution in [0, 0.1) is 0 Å². The number of carbonyl (C=O) groups is 3.